The highest BCUT2D eigenvalue weighted by Gasteiger charge is 2.30. The first-order valence-corrected chi connectivity index (χ1v) is 44.4. The van der Waals surface area contributed by atoms with E-state index >= 15 is 0 Å². The second-order valence-corrected chi connectivity index (χ2v) is 29.8. The van der Waals surface area contributed by atoms with Gasteiger partial charge in [-0.2, -0.15) is 0 Å². The second-order valence-electron chi connectivity index (χ2n) is 26.9. The van der Waals surface area contributed by atoms with E-state index < -0.39 is 97.5 Å². The molecule has 0 saturated carbocycles. The summed E-state index contributed by atoms with van der Waals surface area (Å²) in [6.07, 6.45) is 94.6. The molecule has 108 heavy (non-hydrogen) atoms. The van der Waals surface area contributed by atoms with Crippen LogP contribution in [-0.2, 0) is 65.4 Å². The first-order valence-electron chi connectivity index (χ1n) is 41.4. The number of aliphatic hydroxyl groups is 1. The number of phosphoric acid groups is 2. The molecular weight excluding hydrogens is 1400 g/mol. The number of unbranched alkanes of at least 4 members (excludes halogenated alkanes) is 22. The molecule has 17 nitrogen and oxygen atoms in total. The van der Waals surface area contributed by atoms with Crippen LogP contribution in [0.3, 0.4) is 0 Å². The second kappa shape index (κ2) is 79.5. The highest BCUT2D eigenvalue weighted by molar-refractivity contribution is 7.47. The first-order chi connectivity index (χ1) is 52.7. The van der Waals surface area contributed by atoms with Crippen LogP contribution < -0.4 is 0 Å². The third-order valence-electron chi connectivity index (χ3n) is 16.7. The van der Waals surface area contributed by atoms with Crippen LogP contribution in [0, 0.1) is 0 Å². The Labute approximate surface area is 654 Å². The molecule has 0 aromatic rings. The van der Waals surface area contributed by atoms with Crippen molar-refractivity contribution < 1.29 is 80.2 Å². The van der Waals surface area contributed by atoms with Crippen LogP contribution in [0.5, 0.6) is 0 Å². The third-order valence-corrected chi connectivity index (χ3v) is 18.6. The third kappa shape index (κ3) is 78.5. The molecule has 0 bridgehead atoms. The van der Waals surface area contributed by atoms with E-state index in [1.165, 1.54) is 19.3 Å². The Morgan fingerprint density at radius 2 is 0.481 bits per heavy atom. The zero-order chi connectivity index (χ0) is 78.9. The molecule has 0 aliphatic heterocycles. The van der Waals surface area contributed by atoms with Crippen molar-refractivity contribution in [2.45, 2.75) is 329 Å². The smallest absolute Gasteiger partial charge is 0.462 e. The van der Waals surface area contributed by atoms with E-state index in [2.05, 4.69) is 198 Å². The summed E-state index contributed by atoms with van der Waals surface area (Å²) in [7, 11) is -10.0. The Balaban J connectivity index is 5.45. The molecule has 0 aromatic heterocycles. The minimum Gasteiger partial charge on any atom is -0.462 e. The van der Waals surface area contributed by atoms with Gasteiger partial charge in [-0.05, 0) is 173 Å². The summed E-state index contributed by atoms with van der Waals surface area (Å²) in [6.45, 7) is 4.42. The molecule has 0 fully saturated rings. The minimum atomic E-state index is -5.00. The van der Waals surface area contributed by atoms with Crippen LogP contribution >= 0.6 is 15.6 Å². The van der Waals surface area contributed by atoms with Gasteiger partial charge in [0.15, 0.2) is 12.2 Å². The predicted molar refractivity (Wildman–Crippen MR) is 445 cm³/mol. The summed E-state index contributed by atoms with van der Waals surface area (Å²) in [5, 5.41) is 10.7. The molecule has 0 heterocycles. The fraction of sp³-hybridized carbons (Fsp3) is 0.640. The van der Waals surface area contributed by atoms with E-state index in [0.29, 0.717) is 25.7 Å². The Morgan fingerprint density at radius 3 is 0.741 bits per heavy atom. The number of hydrogen-bond donors (Lipinski definition) is 3. The maximum absolute atomic E-state index is 13.1. The van der Waals surface area contributed by atoms with Gasteiger partial charge < -0.3 is 33.8 Å². The summed E-state index contributed by atoms with van der Waals surface area (Å²) in [6, 6.07) is 0. The number of esters is 4. The predicted octanol–water partition coefficient (Wildman–Crippen LogP) is 24.6. The summed E-state index contributed by atoms with van der Waals surface area (Å²) in [4.78, 5) is 73.2. The van der Waals surface area contributed by atoms with Gasteiger partial charge in [-0.3, -0.25) is 37.3 Å². The van der Waals surface area contributed by atoms with Gasteiger partial charge in [-0.15, -0.1) is 0 Å². The number of carbonyl (C=O) groups excluding carboxylic acids is 4. The highest BCUT2D eigenvalue weighted by Crippen LogP contribution is 2.45. The molecule has 0 saturated heterocycles. The molecule has 0 radical (unpaired) electrons. The van der Waals surface area contributed by atoms with Crippen LogP contribution in [0.4, 0.5) is 0 Å². The van der Waals surface area contributed by atoms with Gasteiger partial charge >= 0.3 is 39.5 Å². The molecule has 0 rings (SSSR count). The van der Waals surface area contributed by atoms with Gasteiger partial charge in [-0.25, -0.2) is 9.13 Å². The van der Waals surface area contributed by atoms with Gasteiger partial charge in [0.05, 0.1) is 26.4 Å². The number of ether oxygens (including phenoxy) is 4. The normalized spacial score (nSPS) is 14.7. The van der Waals surface area contributed by atoms with Crippen molar-refractivity contribution in [1.29, 1.82) is 0 Å². The van der Waals surface area contributed by atoms with Gasteiger partial charge in [0.25, 0.3) is 0 Å². The van der Waals surface area contributed by atoms with Gasteiger partial charge in [0.1, 0.15) is 19.3 Å². The zero-order valence-electron chi connectivity index (χ0n) is 67.2. The molecule has 0 amide bonds. The van der Waals surface area contributed by atoms with Crippen molar-refractivity contribution >= 4 is 39.5 Å². The molecule has 5 atom stereocenters. The van der Waals surface area contributed by atoms with E-state index in [9.17, 15) is 43.2 Å². The number of carbonyl (C=O) groups is 4. The van der Waals surface area contributed by atoms with Gasteiger partial charge in [0.2, 0.25) is 0 Å². The van der Waals surface area contributed by atoms with E-state index in [1.54, 1.807) is 0 Å². The van der Waals surface area contributed by atoms with E-state index in [-0.39, 0.29) is 25.7 Å². The SMILES string of the molecule is CC/C=C\C/C=C\C/C=C\C/C=C\CCCCCCC(=O)OCC(COP(=O)(O)OCC(O)COP(=O)(O)OCC(COC(=O)CCCCCCCC/C=C\C/C=C\C/C=C\CCCCC)OC(=O)CCCCCCC/C=C\C/C=C\C/C=C\CC)OC(=O)CCCCCC/C=C\C/C=C\C/C=C\C/C=C\CC. The maximum Gasteiger partial charge on any atom is 0.472 e. The quantitative estimate of drug-likeness (QED) is 0.0169. The van der Waals surface area contributed by atoms with Crippen LogP contribution in [-0.4, -0.2) is 96.7 Å². The van der Waals surface area contributed by atoms with Crippen molar-refractivity contribution in [2.24, 2.45) is 0 Å². The lowest BCUT2D eigenvalue weighted by Gasteiger charge is -2.21. The Kier molecular flexibility index (Phi) is 75.4. The fourth-order valence-corrected chi connectivity index (χ4v) is 12.0. The molecule has 19 heteroatoms. The summed E-state index contributed by atoms with van der Waals surface area (Å²) in [5.74, 6) is -2.27. The molecule has 3 N–H and O–H groups in total. The van der Waals surface area contributed by atoms with Gasteiger partial charge in [0, 0.05) is 25.7 Å². The lowest BCUT2D eigenvalue weighted by Crippen LogP contribution is -2.30. The van der Waals surface area contributed by atoms with E-state index in [4.69, 9.17) is 37.0 Å². The number of rotatable bonds is 76. The molecule has 614 valence electrons. The summed E-state index contributed by atoms with van der Waals surface area (Å²) < 4.78 is 68.7. The average Bonchev–Trinajstić information content (AvgIpc) is 0.901. The maximum atomic E-state index is 13.1. The molecule has 0 aromatic carbocycles. The zero-order valence-corrected chi connectivity index (χ0v) is 69.0. The van der Waals surface area contributed by atoms with Crippen molar-refractivity contribution in [3.8, 4) is 0 Å². The van der Waals surface area contributed by atoms with Crippen LogP contribution in [0.15, 0.2) is 170 Å². The topological polar surface area (TPSA) is 237 Å². The summed E-state index contributed by atoms with van der Waals surface area (Å²) in [5.41, 5.74) is 0. The average molecular weight is 1550 g/mol. The summed E-state index contributed by atoms with van der Waals surface area (Å²) >= 11 is 0. The van der Waals surface area contributed by atoms with E-state index in [0.717, 1.165) is 212 Å². The number of phosphoric ester groups is 2. The Morgan fingerprint density at radius 1 is 0.269 bits per heavy atom. The van der Waals surface area contributed by atoms with Crippen molar-refractivity contribution in [1.82, 2.24) is 0 Å². The van der Waals surface area contributed by atoms with Crippen LogP contribution in [0.2, 0.25) is 0 Å². The molecular formula is C89H146O17P2. The lowest BCUT2D eigenvalue weighted by atomic mass is 10.1. The van der Waals surface area contributed by atoms with Crippen LogP contribution in [0.1, 0.15) is 310 Å². The van der Waals surface area contributed by atoms with Crippen molar-refractivity contribution in [3.63, 3.8) is 0 Å². The standard InChI is InChI=1S/C89H146O17P2/c1-5-9-13-17-21-25-29-33-37-40-41-44-47-50-54-58-62-66-70-74-87(92)100-79-84(105-88(93)75-71-67-63-59-55-51-45-36-32-28-24-20-16-12-8-4)81-103-107(95,96)101-77-83(90)78-102-108(97,98)104-82-85(106-89(94)76-72-68-64-60-56-52-48-43-39-35-31-27-23-19-15-11-7-3)80-99-86(91)73-69-65-61-57-53-49-46-42-38-34-30-26-22-18-14-10-6-2/h10-12,14-16,21-28,33-39,41,44-46,48-49,52,83-85,90H,5-9,13,17-20,29-32,40,42-43,47,50-51,53-82H2,1-4H3,(H,95,96)(H,97,98)/b14-10-,15-11-,16-12-,25-21-,26-22-,27-23-,28-24-,37-33-,38-34-,39-35-,44-41-,45-36-,49-46-,52-48-. The van der Waals surface area contributed by atoms with Crippen LogP contribution in [0.25, 0.3) is 0 Å². The van der Waals surface area contributed by atoms with Crippen molar-refractivity contribution in [3.05, 3.63) is 170 Å². The van der Waals surface area contributed by atoms with Gasteiger partial charge in [-0.1, -0.05) is 281 Å². The van der Waals surface area contributed by atoms with E-state index in [1.807, 2.05) is 0 Å². The Bertz CT molecular complexity index is 2710. The van der Waals surface area contributed by atoms with Crippen molar-refractivity contribution in [2.75, 3.05) is 39.6 Å². The molecule has 5 unspecified atom stereocenters. The fourth-order valence-electron chi connectivity index (χ4n) is 10.5. The largest absolute Gasteiger partial charge is 0.472 e. The highest BCUT2D eigenvalue weighted by atomic mass is 31.2. The number of hydrogen-bond acceptors (Lipinski definition) is 15. The molecule has 0 aliphatic carbocycles. The number of allylic oxidation sites excluding steroid dienone is 28. The minimum absolute atomic E-state index is 0.0547. The monoisotopic (exact) mass is 1550 g/mol. The molecule has 0 aliphatic rings. The lowest BCUT2D eigenvalue weighted by molar-refractivity contribution is -0.161. The number of aliphatic hydroxyl groups excluding tert-OH is 1. The Hall–Kier alpha value is -5.58. The molecule has 0 spiro atoms. The first kappa shape index (κ1) is 102.